The zero-order valence-corrected chi connectivity index (χ0v) is 7.61. The molecule has 0 bridgehead atoms. The highest BCUT2D eigenvalue weighted by atomic mass is 35.5. The van der Waals surface area contributed by atoms with Crippen LogP contribution in [-0.2, 0) is 0 Å². The molecule has 0 aromatic carbocycles. The fraction of sp³-hybridized carbons (Fsp3) is 0.286. The molecule has 66 valence electrons. The summed E-state index contributed by atoms with van der Waals surface area (Å²) in [5.41, 5.74) is 5.49. The van der Waals surface area contributed by atoms with Gasteiger partial charge in [0.05, 0.1) is 0 Å². The topological polar surface area (TPSA) is 38.9 Å². The minimum absolute atomic E-state index is 0.0866. The second-order valence-corrected chi connectivity index (χ2v) is 3.02. The molecule has 5 heteroatoms. The van der Waals surface area contributed by atoms with Crippen molar-refractivity contribution < 1.29 is 4.39 Å². The molecule has 0 amide bonds. The molecule has 1 aromatic rings. The lowest BCUT2D eigenvalue weighted by molar-refractivity contribution is 0.352. The molecule has 0 saturated carbocycles. The predicted octanol–water partition coefficient (Wildman–Crippen LogP) is 2.36. The molecule has 0 fully saturated rings. The first kappa shape index (κ1) is 9.71. The largest absolute Gasteiger partial charge is 0.327 e. The van der Waals surface area contributed by atoms with Gasteiger partial charge in [-0.3, -0.25) is 0 Å². The normalized spacial score (nSPS) is 13.0. The Bertz CT molecular complexity index is 260. The molecule has 2 nitrogen and oxygen atoms in total. The van der Waals surface area contributed by atoms with E-state index < -0.39 is 6.17 Å². The van der Waals surface area contributed by atoms with Crippen molar-refractivity contribution in [3.05, 3.63) is 28.0 Å². The van der Waals surface area contributed by atoms with Crippen LogP contribution in [0.25, 0.3) is 0 Å². The van der Waals surface area contributed by atoms with Gasteiger partial charge in [0.1, 0.15) is 16.5 Å². The number of rotatable bonds is 2. The summed E-state index contributed by atoms with van der Waals surface area (Å²) in [5.74, 6) is 0. The van der Waals surface area contributed by atoms with E-state index in [0.717, 1.165) is 0 Å². The van der Waals surface area contributed by atoms with E-state index in [0.29, 0.717) is 5.56 Å². The van der Waals surface area contributed by atoms with Crippen molar-refractivity contribution in [3.63, 3.8) is 0 Å². The molecular weight excluding hydrogens is 202 g/mol. The Labute approximate surface area is 79.5 Å². The number of aromatic nitrogens is 1. The Kier molecular flexibility index (Phi) is 3.26. The third-order valence-electron chi connectivity index (χ3n) is 1.35. The maximum absolute atomic E-state index is 13.0. The quantitative estimate of drug-likeness (QED) is 0.759. The molecule has 0 aliphatic heterocycles. The minimum atomic E-state index is -1.23. The van der Waals surface area contributed by atoms with Crippen molar-refractivity contribution in [2.75, 3.05) is 6.54 Å². The van der Waals surface area contributed by atoms with Crippen LogP contribution in [0.2, 0.25) is 10.3 Å². The SMILES string of the molecule is NCC(F)c1cc(Cl)nc(Cl)c1. The average Bonchev–Trinajstić information content (AvgIpc) is 2.01. The number of hydrogen-bond acceptors (Lipinski definition) is 2. The van der Waals surface area contributed by atoms with Crippen molar-refractivity contribution in [2.45, 2.75) is 6.17 Å². The zero-order chi connectivity index (χ0) is 9.14. The third kappa shape index (κ3) is 2.30. The van der Waals surface area contributed by atoms with Gasteiger partial charge in [-0.15, -0.1) is 0 Å². The summed E-state index contributed by atoms with van der Waals surface area (Å²) >= 11 is 11.1. The summed E-state index contributed by atoms with van der Waals surface area (Å²) in [6.07, 6.45) is -1.23. The van der Waals surface area contributed by atoms with Gasteiger partial charge in [-0.1, -0.05) is 23.2 Å². The van der Waals surface area contributed by atoms with Crippen LogP contribution in [-0.4, -0.2) is 11.5 Å². The van der Waals surface area contributed by atoms with Gasteiger partial charge in [-0.25, -0.2) is 9.37 Å². The van der Waals surface area contributed by atoms with Gasteiger partial charge >= 0.3 is 0 Å². The predicted molar refractivity (Wildman–Crippen MR) is 47.2 cm³/mol. The van der Waals surface area contributed by atoms with Gasteiger partial charge in [0.2, 0.25) is 0 Å². The molecule has 0 aliphatic carbocycles. The van der Waals surface area contributed by atoms with Gasteiger partial charge in [0, 0.05) is 6.54 Å². The number of pyridine rings is 1. The molecule has 1 unspecified atom stereocenters. The van der Waals surface area contributed by atoms with Crippen LogP contribution in [0, 0.1) is 0 Å². The van der Waals surface area contributed by atoms with Crippen molar-refractivity contribution >= 4 is 23.2 Å². The smallest absolute Gasteiger partial charge is 0.137 e. The van der Waals surface area contributed by atoms with Crippen molar-refractivity contribution in [3.8, 4) is 0 Å². The van der Waals surface area contributed by atoms with E-state index in [1.54, 1.807) is 0 Å². The lowest BCUT2D eigenvalue weighted by Crippen LogP contribution is -2.07. The number of alkyl halides is 1. The standard InChI is InChI=1S/C7H7Cl2FN2/c8-6-1-4(5(10)3-11)2-7(9)12-6/h1-2,5H,3,11H2. The van der Waals surface area contributed by atoms with Gasteiger partial charge in [0.25, 0.3) is 0 Å². The molecule has 1 atom stereocenters. The zero-order valence-electron chi connectivity index (χ0n) is 6.10. The monoisotopic (exact) mass is 208 g/mol. The van der Waals surface area contributed by atoms with E-state index in [1.165, 1.54) is 12.1 Å². The van der Waals surface area contributed by atoms with Crippen LogP contribution >= 0.6 is 23.2 Å². The van der Waals surface area contributed by atoms with Gasteiger partial charge in [-0.2, -0.15) is 0 Å². The van der Waals surface area contributed by atoms with Crippen LogP contribution < -0.4 is 5.73 Å². The first-order chi connectivity index (χ1) is 5.63. The molecule has 0 aliphatic rings. The van der Waals surface area contributed by atoms with Crippen molar-refractivity contribution in [1.29, 1.82) is 0 Å². The van der Waals surface area contributed by atoms with Crippen LogP contribution in [0.5, 0.6) is 0 Å². The van der Waals surface area contributed by atoms with E-state index in [2.05, 4.69) is 4.98 Å². The first-order valence-corrected chi connectivity index (χ1v) is 4.06. The molecule has 12 heavy (non-hydrogen) atoms. The summed E-state index contributed by atoms with van der Waals surface area (Å²) in [7, 11) is 0. The van der Waals surface area contributed by atoms with Gasteiger partial charge in [-0.05, 0) is 17.7 Å². The van der Waals surface area contributed by atoms with Crippen LogP contribution in [0.3, 0.4) is 0 Å². The summed E-state index contributed by atoms with van der Waals surface area (Å²) < 4.78 is 13.0. The molecule has 0 radical (unpaired) electrons. The summed E-state index contributed by atoms with van der Waals surface area (Å²) in [4.78, 5) is 3.67. The highest BCUT2D eigenvalue weighted by Gasteiger charge is 2.09. The molecular formula is C7H7Cl2FN2. The Balaban J connectivity index is 3.00. The molecule has 0 spiro atoms. The van der Waals surface area contributed by atoms with Gasteiger partial charge < -0.3 is 5.73 Å². The second kappa shape index (κ2) is 4.03. The summed E-state index contributed by atoms with van der Waals surface area (Å²) in [6, 6.07) is 2.82. The highest BCUT2D eigenvalue weighted by molar-refractivity contribution is 6.32. The van der Waals surface area contributed by atoms with E-state index in [1.807, 2.05) is 0 Å². The first-order valence-electron chi connectivity index (χ1n) is 3.30. The number of nitrogens with zero attached hydrogens (tertiary/aromatic N) is 1. The lowest BCUT2D eigenvalue weighted by atomic mass is 10.2. The Morgan fingerprint density at radius 2 is 1.92 bits per heavy atom. The van der Waals surface area contributed by atoms with E-state index in [4.69, 9.17) is 28.9 Å². The second-order valence-electron chi connectivity index (χ2n) is 2.25. The minimum Gasteiger partial charge on any atom is -0.327 e. The number of nitrogens with two attached hydrogens (primary N) is 1. The molecule has 1 heterocycles. The fourth-order valence-corrected chi connectivity index (χ4v) is 1.28. The van der Waals surface area contributed by atoms with Crippen molar-refractivity contribution in [1.82, 2.24) is 4.98 Å². The maximum atomic E-state index is 13.0. The molecule has 0 saturated heterocycles. The third-order valence-corrected chi connectivity index (χ3v) is 1.74. The lowest BCUT2D eigenvalue weighted by Gasteiger charge is -2.05. The van der Waals surface area contributed by atoms with Crippen LogP contribution in [0.4, 0.5) is 4.39 Å². The highest BCUT2D eigenvalue weighted by Crippen LogP contribution is 2.21. The van der Waals surface area contributed by atoms with Crippen LogP contribution in [0.1, 0.15) is 11.7 Å². The maximum Gasteiger partial charge on any atom is 0.137 e. The number of halogens is 3. The molecule has 2 N–H and O–H groups in total. The fourth-order valence-electron chi connectivity index (χ4n) is 0.800. The average molecular weight is 209 g/mol. The van der Waals surface area contributed by atoms with Gasteiger partial charge in [0.15, 0.2) is 0 Å². The number of hydrogen-bond donors (Lipinski definition) is 1. The Morgan fingerprint density at radius 1 is 1.42 bits per heavy atom. The van der Waals surface area contributed by atoms with E-state index in [-0.39, 0.29) is 16.9 Å². The molecule has 1 rings (SSSR count). The summed E-state index contributed by atoms with van der Waals surface area (Å²) in [5, 5.41) is 0.349. The van der Waals surface area contributed by atoms with Crippen molar-refractivity contribution in [2.24, 2.45) is 5.73 Å². The van der Waals surface area contributed by atoms with E-state index >= 15 is 0 Å². The molecule has 1 aromatic heterocycles. The Morgan fingerprint density at radius 3 is 2.33 bits per heavy atom. The van der Waals surface area contributed by atoms with E-state index in [9.17, 15) is 4.39 Å². The summed E-state index contributed by atoms with van der Waals surface area (Å²) in [6.45, 7) is -0.0866. The van der Waals surface area contributed by atoms with Crippen LogP contribution in [0.15, 0.2) is 12.1 Å². The Hall–Kier alpha value is -0.380.